The van der Waals surface area contributed by atoms with Crippen molar-refractivity contribution < 1.29 is 0 Å². The van der Waals surface area contributed by atoms with E-state index in [4.69, 9.17) is 12.2 Å². The Bertz CT molecular complexity index is 539. The summed E-state index contributed by atoms with van der Waals surface area (Å²) in [6.07, 6.45) is 12.9. The molecule has 4 heteroatoms. The van der Waals surface area contributed by atoms with Gasteiger partial charge in [0.15, 0.2) is 0 Å². The van der Waals surface area contributed by atoms with Crippen molar-refractivity contribution >= 4 is 33.5 Å². The highest BCUT2D eigenvalue weighted by atomic mass is 32.1. The number of hydrogen-bond donors (Lipinski definition) is 2. The zero-order valence-electron chi connectivity index (χ0n) is 11.9. The molecule has 3 aliphatic rings. The lowest BCUT2D eigenvalue weighted by molar-refractivity contribution is 0.378. The minimum atomic E-state index is 0.0496. The molecule has 0 radical (unpaired) electrons. The van der Waals surface area contributed by atoms with E-state index in [9.17, 15) is 0 Å². The van der Waals surface area contributed by atoms with Crippen molar-refractivity contribution in [1.29, 1.82) is 0 Å². The van der Waals surface area contributed by atoms with Gasteiger partial charge < -0.3 is 10.6 Å². The SMILES string of the molecule is S=C1NC2(CCCCCC2)Nc2sc3c(c21)CCCC3. The molecule has 1 spiro atoms. The molecule has 1 aromatic heterocycles. The number of anilines is 1. The largest absolute Gasteiger partial charge is 0.354 e. The number of aryl methyl sites for hydroxylation is 1. The van der Waals surface area contributed by atoms with Gasteiger partial charge >= 0.3 is 0 Å². The Hall–Kier alpha value is -0.610. The number of fused-ring (bicyclic) bond motifs is 3. The Kier molecular flexibility index (Phi) is 3.26. The highest BCUT2D eigenvalue weighted by Gasteiger charge is 2.38. The molecular weight excluding hydrogens is 284 g/mol. The second-order valence-electron chi connectivity index (χ2n) is 6.49. The predicted molar refractivity (Wildman–Crippen MR) is 89.9 cm³/mol. The van der Waals surface area contributed by atoms with Crippen molar-refractivity contribution in [2.24, 2.45) is 0 Å². The van der Waals surface area contributed by atoms with E-state index in [0.29, 0.717) is 0 Å². The fourth-order valence-corrected chi connectivity index (χ4v) is 5.88. The molecule has 108 valence electrons. The Labute approximate surface area is 130 Å². The van der Waals surface area contributed by atoms with E-state index >= 15 is 0 Å². The van der Waals surface area contributed by atoms with Crippen molar-refractivity contribution in [2.45, 2.75) is 69.9 Å². The van der Waals surface area contributed by atoms with Crippen molar-refractivity contribution in [1.82, 2.24) is 5.32 Å². The molecule has 1 aromatic rings. The molecule has 0 amide bonds. The third kappa shape index (κ3) is 2.08. The van der Waals surface area contributed by atoms with Gasteiger partial charge in [-0.25, -0.2) is 0 Å². The van der Waals surface area contributed by atoms with Gasteiger partial charge in [0.05, 0.1) is 0 Å². The Morgan fingerprint density at radius 2 is 1.65 bits per heavy atom. The van der Waals surface area contributed by atoms with Crippen LogP contribution in [0.5, 0.6) is 0 Å². The van der Waals surface area contributed by atoms with Crippen LogP contribution in [0.3, 0.4) is 0 Å². The first-order valence-electron chi connectivity index (χ1n) is 8.03. The summed E-state index contributed by atoms with van der Waals surface area (Å²) in [6, 6.07) is 0. The highest BCUT2D eigenvalue weighted by molar-refractivity contribution is 7.80. The summed E-state index contributed by atoms with van der Waals surface area (Å²) >= 11 is 7.73. The summed E-state index contributed by atoms with van der Waals surface area (Å²) in [6.45, 7) is 0. The lowest BCUT2D eigenvalue weighted by Crippen LogP contribution is -2.56. The van der Waals surface area contributed by atoms with E-state index in [-0.39, 0.29) is 5.66 Å². The fourth-order valence-electron chi connectivity index (χ4n) is 4.00. The summed E-state index contributed by atoms with van der Waals surface area (Å²) < 4.78 is 0. The molecule has 2 nitrogen and oxygen atoms in total. The van der Waals surface area contributed by atoms with E-state index in [1.54, 1.807) is 10.4 Å². The van der Waals surface area contributed by atoms with Crippen molar-refractivity contribution in [3.05, 3.63) is 16.0 Å². The van der Waals surface area contributed by atoms with Gasteiger partial charge in [0.2, 0.25) is 0 Å². The number of thiocarbonyl (C=S) groups is 1. The molecule has 1 aliphatic heterocycles. The maximum Gasteiger partial charge on any atom is 0.111 e. The first-order chi connectivity index (χ1) is 9.77. The van der Waals surface area contributed by atoms with E-state index < -0.39 is 0 Å². The first-order valence-corrected chi connectivity index (χ1v) is 9.25. The molecule has 2 heterocycles. The first kappa shape index (κ1) is 13.1. The van der Waals surface area contributed by atoms with Crippen LogP contribution in [0.4, 0.5) is 5.00 Å². The second kappa shape index (κ2) is 4.99. The molecule has 4 rings (SSSR count). The third-order valence-corrected chi connectivity index (χ3v) is 6.57. The highest BCUT2D eigenvalue weighted by Crippen LogP contribution is 2.43. The normalized spacial score (nSPS) is 24.3. The van der Waals surface area contributed by atoms with Crippen molar-refractivity contribution in [3.63, 3.8) is 0 Å². The van der Waals surface area contributed by atoms with E-state index in [2.05, 4.69) is 10.6 Å². The molecule has 0 unspecified atom stereocenters. The third-order valence-electron chi connectivity index (χ3n) is 5.06. The van der Waals surface area contributed by atoms with E-state index in [0.717, 1.165) is 4.99 Å². The molecule has 0 atom stereocenters. The summed E-state index contributed by atoms with van der Waals surface area (Å²) in [5.41, 5.74) is 2.94. The minimum Gasteiger partial charge on any atom is -0.354 e. The van der Waals surface area contributed by atoms with Crippen LogP contribution in [0.2, 0.25) is 0 Å². The number of hydrogen-bond acceptors (Lipinski definition) is 3. The standard InChI is InChI=1S/C16H22N2S2/c19-14-13-11-7-3-4-8-12(11)20-15(13)18-16(17-14)9-5-1-2-6-10-16/h18H,1-10H2,(H,17,19). The second-order valence-corrected chi connectivity index (χ2v) is 8.00. The number of nitrogens with one attached hydrogen (secondary N) is 2. The van der Waals surface area contributed by atoms with Crippen molar-refractivity contribution in [3.8, 4) is 0 Å². The predicted octanol–water partition coefficient (Wildman–Crippen LogP) is 4.37. The van der Waals surface area contributed by atoms with Gasteiger partial charge in [-0.3, -0.25) is 0 Å². The lowest BCUT2D eigenvalue weighted by Gasteiger charge is -2.40. The Morgan fingerprint density at radius 1 is 0.900 bits per heavy atom. The quantitative estimate of drug-likeness (QED) is 0.696. The van der Waals surface area contributed by atoms with Gasteiger partial charge in [-0.05, 0) is 56.9 Å². The van der Waals surface area contributed by atoms with E-state index in [1.165, 1.54) is 74.8 Å². The molecule has 0 saturated heterocycles. The van der Waals surface area contributed by atoms with Crippen molar-refractivity contribution in [2.75, 3.05) is 5.32 Å². The van der Waals surface area contributed by atoms with Crippen LogP contribution in [0.15, 0.2) is 0 Å². The maximum absolute atomic E-state index is 5.75. The molecule has 1 fully saturated rings. The molecular formula is C16H22N2S2. The average molecular weight is 307 g/mol. The lowest BCUT2D eigenvalue weighted by atomic mass is 9.92. The molecule has 0 bridgehead atoms. The monoisotopic (exact) mass is 306 g/mol. The molecule has 20 heavy (non-hydrogen) atoms. The summed E-state index contributed by atoms with van der Waals surface area (Å²) in [5, 5.41) is 8.91. The van der Waals surface area contributed by atoms with Crippen LogP contribution in [-0.2, 0) is 12.8 Å². The molecule has 2 N–H and O–H groups in total. The number of thiophene rings is 1. The van der Waals surface area contributed by atoms with Crippen LogP contribution in [0.25, 0.3) is 0 Å². The van der Waals surface area contributed by atoms with Gasteiger partial charge in [0, 0.05) is 10.4 Å². The minimum absolute atomic E-state index is 0.0496. The van der Waals surface area contributed by atoms with Crippen LogP contribution in [0.1, 0.15) is 67.4 Å². The molecule has 0 aromatic carbocycles. The molecule has 1 saturated carbocycles. The summed E-state index contributed by atoms with van der Waals surface area (Å²) in [4.78, 5) is 2.60. The summed E-state index contributed by atoms with van der Waals surface area (Å²) in [7, 11) is 0. The topological polar surface area (TPSA) is 24.1 Å². The van der Waals surface area contributed by atoms with Gasteiger partial charge in [-0.1, -0.05) is 25.1 Å². The zero-order valence-corrected chi connectivity index (χ0v) is 13.5. The van der Waals surface area contributed by atoms with Crippen LogP contribution in [0, 0.1) is 0 Å². The summed E-state index contributed by atoms with van der Waals surface area (Å²) in [5.74, 6) is 0. The molecule has 2 aliphatic carbocycles. The van der Waals surface area contributed by atoms with Gasteiger partial charge in [-0.2, -0.15) is 0 Å². The average Bonchev–Trinajstić information content (AvgIpc) is 2.66. The van der Waals surface area contributed by atoms with Crippen LogP contribution in [-0.4, -0.2) is 10.7 Å². The van der Waals surface area contributed by atoms with Gasteiger partial charge in [0.1, 0.15) is 15.7 Å². The van der Waals surface area contributed by atoms with Gasteiger partial charge in [0.25, 0.3) is 0 Å². The Morgan fingerprint density at radius 3 is 2.45 bits per heavy atom. The smallest absolute Gasteiger partial charge is 0.111 e. The van der Waals surface area contributed by atoms with Crippen LogP contribution >= 0.6 is 23.6 Å². The number of rotatable bonds is 0. The van der Waals surface area contributed by atoms with E-state index in [1.807, 2.05) is 11.3 Å². The van der Waals surface area contributed by atoms with Gasteiger partial charge in [-0.15, -0.1) is 11.3 Å². The zero-order chi connectivity index (χ0) is 13.6. The Balaban J connectivity index is 1.72. The fraction of sp³-hybridized carbons (Fsp3) is 0.688. The maximum atomic E-state index is 5.75. The van der Waals surface area contributed by atoms with Crippen LogP contribution < -0.4 is 10.6 Å².